The lowest BCUT2D eigenvalue weighted by atomic mass is 10.1. The van der Waals surface area contributed by atoms with Crippen molar-refractivity contribution in [3.8, 4) is 0 Å². The van der Waals surface area contributed by atoms with Gasteiger partial charge in [-0.15, -0.1) is 0 Å². The summed E-state index contributed by atoms with van der Waals surface area (Å²) < 4.78 is 0. The molecule has 0 aliphatic heterocycles. The Morgan fingerprint density at radius 3 is 2.64 bits per heavy atom. The van der Waals surface area contributed by atoms with Crippen LogP contribution in [0.15, 0.2) is 24.5 Å². The molecule has 1 atom stereocenters. The van der Waals surface area contributed by atoms with Gasteiger partial charge in [-0.3, -0.25) is 4.98 Å². The molecule has 1 aromatic heterocycles. The van der Waals surface area contributed by atoms with Crippen molar-refractivity contribution in [1.29, 1.82) is 0 Å². The van der Waals surface area contributed by atoms with E-state index in [4.69, 9.17) is 0 Å². The van der Waals surface area contributed by atoms with Crippen LogP contribution in [0, 0.1) is 0 Å². The number of hydrogen-bond acceptors (Lipinski definition) is 2. The fourth-order valence-electron chi connectivity index (χ4n) is 1.46. The van der Waals surface area contributed by atoms with E-state index in [0.717, 1.165) is 6.54 Å². The average molecular weight is 192 g/mol. The molecule has 0 amide bonds. The molecule has 0 radical (unpaired) electrons. The smallest absolute Gasteiger partial charge is 0.0292 e. The third-order valence-corrected chi connectivity index (χ3v) is 2.44. The molecule has 2 heteroatoms. The van der Waals surface area contributed by atoms with Crippen LogP contribution in [0.1, 0.15) is 44.7 Å². The highest BCUT2D eigenvalue weighted by Gasteiger charge is 2.02. The van der Waals surface area contributed by atoms with Gasteiger partial charge >= 0.3 is 0 Å². The van der Waals surface area contributed by atoms with E-state index in [1.165, 1.54) is 24.8 Å². The van der Waals surface area contributed by atoms with Crippen molar-refractivity contribution in [2.45, 2.75) is 39.2 Å². The van der Waals surface area contributed by atoms with Gasteiger partial charge in [-0.05, 0) is 37.6 Å². The molecule has 0 aliphatic carbocycles. The second kappa shape index (κ2) is 6.55. The summed E-state index contributed by atoms with van der Waals surface area (Å²) in [5.41, 5.74) is 1.32. The summed E-state index contributed by atoms with van der Waals surface area (Å²) in [6.45, 7) is 5.53. The molecule has 0 spiro atoms. The molecule has 1 unspecified atom stereocenters. The van der Waals surface area contributed by atoms with Crippen LogP contribution in [-0.2, 0) is 0 Å². The summed E-state index contributed by atoms with van der Waals surface area (Å²) in [7, 11) is 0. The van der Waals surface area contributed by atoms with Crippen molar-refractivity contribution in [2.24, 2.45) is 0 Å². The third-order valence-electron chi connectivity index (χ3n) is 2.44. The van der Waals surface area contributed by atoms with Crippen LogP contribution in [0.3, 0.4) is 0 Å². The SMILES string of the molecule is CCCCCNC(C)c1ccncc1. The Bertz CT molecular complexity index is 233. The highest BCUT2D eigenvalue weighted by Crippen LogP contribution is 2.09. The normalized spacial score (nSPS) is 12.7. The Morgan fingerprint density at radius 1 is 1.29 bits per heavy atom. The number of unbranched alkanes of at least 4 members (excludes halogenated alkanes) is 2. The summed E-state index contributed by atoms with van der Waals surface area (Å²) in [6, 6.07) is 4.57. The van der Waals surface area contributed by atoms with Crippen LogP contribution in [0.2, 0.25) is 0 Å². The van der Waals surface area contributed by atoms with Crippen LogP contribution in [0.5, 0.6) is 0 Å². The maximum absolute atomic E-state index is 4.01. The maximum Gasteiger partial charge on any atom is 0.0292 e. The predicted octanol–water partition coefficient (Wildman–Crippen LogP) is 2.92. The van der Waals surface area contributed by atoms with Gasteiger partial charge in [0.25, 0.3) is 0 Å². The Balaban J connectivity index is 2.25. The van der Waals surface area contributed by atoms with E-state index in [-0.39, 0.29) is 0 Å². The molecule has 0 fully saturated rings. The van der Waals surface area contributed by atoms with Crippen LogP contribution < -0.4 is 5.32 Å². The summed E-state index contributed by atoms with van der Waals surface area (Å²) in [5, 5.41) is 3.51. The number of aromatic nitrogens is 1. The topological polar surface area (TPSA) is 24.9 Å². The first-order chi connectivity index (χ1) is 6.84. The van der Waals surface area contributed by atoms with Crippen LogP contribution in [0.4, 0.5) is 0 Å². The van der Waals surface area contributed by atoms with E-state index in [2.05, 4.69) is 36.3 Å². The number of rotatable bonds is 6. The summed E-state index contributed by atoms with van der Waals surface area (Å²) in [6.07, 6.45) is 7.56. The van der Waals surface area contributed by atoms with Crippen LogP contribution in [0.25, 0.3) is 0 Å². The number of nitrogens with zero attached hydrogens (tertiary/aromatic N) is 1. The first-order valence-electron chi connectivity index (χ1n) is 5.48. The maximum atomic E-state index is 4.01. The molecule has 14 heavy (non-hydrogen) atoms. The van der Waals surface area contributed by atoms with E-state index < -0.39 is 0 Å². The van der Waals surface area contributed by atoms with Crippen LogP contribution >= 0.6 is 0 Å². The third kappa shape index (κ3) is 3.88. The minimum absolute atomic E-state index is 0.440. The molecular weight excluding hydrogens is 172 g/mol. The minimum atomic E-state index is 0.440. The Morgan fingerprint density at radius 2 is 2.00 bits per heavy atom. The molecular formula is C12H20N2. The Hall–Kier alpha value is -0.890. The highest BCUT2D eigenvalue weighted by molar-refractivity contribution is 5.13. The Kier molecular flexibility index (Phi) is 5.23. The van der Waals surface area contributed by atoms with E-state index in [1.807, 2.05) is 12.4 Å². The lowest BCUT2D eigenvalue weighted by molar-refractivity contribution is 0.543. The van der Waals surface area contributed by atoms with E-state index >= 15 is 0 Å². The zero-order valence-electron chi connectivity index (χ0n) is 9.16. The molecule has 78 valence electrons. The summed E-state index contributed by atoms with van der Waals surface area (Å²) in [5.74, 6) is 0. The second-order valence-electron chi connectivity index (χ2n) is 3.66. The average Bonchev–Trinajstić information content (AvgIpc) is 2.25. The predicted molar refractivity (Wildman–Crippen MR) is 60.2 cm³/mol. The van der Waals surface area contributed by atoms with Gasteiger partial charge < -0.3 is 5.32 Å². The van der Waals surface area contributed by atoms with Gasteiger partial charge in [-0.1, -0.05) is 19.8 Å². The van der Waals surface area contributed by atoms with Crippen molar-refractivity contribution in [3.63, 3.8) is 0 Å². The second-order valence-corrected chi connectivity index (χ2v) is 3.66. The molecule has 1 aromatic rings. The van der Waals surface area contributed by atoms with Crippen molar-refractivity contribution in [3.05, 3.63) is 30.1 Å². The molecule has 0 bridgehead atoms. The van der Waals surface area contributed by atoms with Crippen molar-refractivity contribution in [1.82, 2.24) is 10.3 Å². The van der Waals surface area contributed by atoms with Gasteiger partial charge in [-0.25, -0.2) is 0 Å². The lowest BCUT2D eigenvalue weighted by Crippen LogP contribution is -2.19. The zero-order chi connectivity index (χ0) is 10.2. The quantitative estimate of drug-likeness (QED) is 0.701. The fourth-order valence-corrected chi connectivity index (χ4v) is 1.46. The molecule has 0 aromatic carbocycles. The van der Waals surface area contributed by atoms with Gasteiger partial charge in [0.1, 0.15) is 0 Å². The number of nitrogens with one attached hydrogen (secondary N) is 1. The molecule has 0 aliphatic rings. The van der Waals surface area contributed by atoms with E-state index in [1.54, 1.807) is 0 Å². The lowest BCUT2D eigenvalue weighted by Gasteiger charge is -2.13. The summed E-state index contributed by atoms with van der Waals surface area (Å²) in [4.78, 5) is 4.01. The van der Waals surface area contributed by atoms with Gasteiger partial charge in [0.2, 0.25) is 0 Å². The summed E-state index contributed by atoms with van der Waals surface area (Å²) >= 11 is 0. The molecule has 1 rings (SSSR count). The number of hydrogen-bond donors (Lipinski definition) is 1. The van der Waals surface area contributed by atoms with Crippen molar-refractivity contribution in [2.75, 3.05) is 6.54 Å². The minimum Gasteiger partial charge on any atom is -0.310 e. The van der Waals surface area contributed by atoms with E-state index in [0.29, 0.717) is 6.04 Å². The van der Waals surface area contributed by atoms with Gasteiger partial charge in [0.15, 0.2) is 0 Å². The molecule has 0 saturated carbocycles. The molecule has 1 N–H and O–H groups in total. The first-order valence-corrected chi connectivity index (χ1v) is 5.48. The molecule has 2 nitrogen and oxygen atoms in total. The highest BCUT2D eigenvalue weighted by atomic mass is 14.9. The monoisotopic (exact) mass is 192 g/mol. The fraction of sp³-hybridized carbons (Fsp3) is 0.583. The zero-order valence-corrected chi connectivity index (χ0v) is 9.16. The van der Waals surface area contributed by atoms with Gasteiger partial charge in [-0.2, -0.15) is 0 Å². The van der Waals surface area contributed by atoms with Gasteiger partial charge in [0, 0.05) is 18.4 Å². The van der Waals surface area contributed by atoms with Crippen molar-refractivity contribution < 1.29 is 0 Å². The first kappa shape index (κ1) is 11.2. The van der Waals surface area contributed by atoms with E-state index in [9.17, 15) is 0 Å². The molecule has 0 saturated heterocycles. The number of pyridine rings is 1. The van der Waals surface area contributed by atoms with Crippen LogP contribution in [-0.4, -0.2) is 11.5 Å². The largest absolute Gasteiger partial charge is 0.310 e. The van der Waals surface area contributed by atoms with Gasteiger partial charge in [0.05, 0.1) is 0 Å². The standard InChI is InChI=1S/C12H20N2/c1-3-4-5-8-14-11(2)12-6-9-13-10-7-12/h6-7,9-11,14H,3-5,8H2,1-2H3. The molecule has 1 heterocycles. The van der Waals surface area contributed by atoms with Crippen molar-refractivity contribution >= 4 is 0 Å². The Labute approximate surface area is 86.8 Å².